The van der Waals surface area contributed by atoms with Crippen LogP contribution in [0, 0.1) is 12.8 Å². The van der Waals surface area contributed by atoms with E-state index in [1.54, 1.807) is 6.07 Å². The molecule has 6 heteroatoms. The first-order valence-corrected chi connectivity index (χ1v) is 5.25. The summed E-state index contributed by atoms with van der Waals surface area (Å²) < 4.78 is 0. The van der Waals surface area contributed by atoms with Crippen molar-refractivity contribution in [3.05, 3.63) is 11.8 Å². The first kappa shape index (κ1) is 10.7. The summed E-state index contributed by atoms with van der Waals surface area (Å²) >= 11 is 0. The van der Waals surface area contributed by atoms with Gasteiger partial charge in [-0.2, -0.15) is 5.10 Å². The number of aryl methyl sites for hydroxylation is 1. The number of H-pyrrole nitrogens is 1. The molecule has 1 unspecified atom stereocenters. The lowest BCUT2D eigenvalue weighted by Crippen LogP contribution is -2.40. The summed E-state index contributed by atoms with van der Waals surface area (Å²) in [4.78, 5) is 22.7. The van der Waals surface area contributed by atoms with Crippen molar-refractivity contribution in [3.63, 3.8) is 0 Å². The van der Waals surface area contributed by atoms with Gasteiger partial charge in [-0.05, 0) is 13.3 Å². The number of amides is 2. The molecule has 86 valence electrons. The summed E-state index contributed by atoms with van der Waals surface area (Å²) in [6.07, 6.45) is 1.01. The third-order valence-electron chi connectivity index (χ3n) is 2.59. The molecule has 1 aromatic rings. The van der Waals surface area contributed by atoms with Gasteiger partial charge in [-0.15, -0.1) is 0 Å². The number of rotatable bonds is 2. The van der Waals surface area contributed by atoms with Gasteiger partial charge in [0.05, 0.1) is 5.92 Å². The second-order valence-electron chi connectivity index (χ2n) is 3.97. The molecule has 2 amide bonds. The Hall–Kier alpha value is -1.85. The quantitative estimate of drug-likeness (QED) is 0.667. The Bertz CT molecular complexity index is 403. The van der Waals surface area contributed by atoms with Crippen molar-refractivity contribution < 1.29 is 9.59 Å². The van der Waals surface area contributed by atoms with Crippen LogP contribution in [0.25, 0.3) is 0 Å². The van der Waals surface area contributed by atoms with Crippen LogP contribution < -0.4 is 10.6 Å². The number of piperidine rings is 1. The van der Waals surface area contributed by atoms with E-state index in [1.165, 1.54) is 0 Å². The monoisotopic (exact) mass is 222 g/mol. The number of anilines is 1. The number of nitrogens with one attached hydrogen (secondary N) is 3. The molecular formula is C10H14N4O2. The zero-order valence-electron chi connectivity index (χ0n) is 9.04. The number of aromatic amines is 1. The number of hydrogen-bond donors (Lipinski definition) is 3. The third-order valence-corrected chi connectivity index (χ3v) is 2.59. The molecule has 1 atom stereocenters. The molecule has 6 nitrogen and oxygen atoms in total. The molecule has 2 rings (SSSR count). The lowest BCUT2D eigenvalue weighted by Gasteiger charge is -2.20. The van der Waals surface area contributed by atoms with E-state index in [-0.39, 0.29) is 17.7 Å². The predicted molar refractivity (Wildman–Crippen MR) is 57.7 cm³/mol. The molecule has 0 saturated carbocycles. The van der Waals surface area contributed by atoms with Crippen LogP contribution in [-0.2, 0) is 9.59 Å². The van der Waals surface area contributed by atoms with E-state index in [0.29, 0.717) is 25.2 Å². The number of carbonyl (C=O) groups excluding carboxylic acids is 2. The van der Waals surface area contributed by atoms with Crippen molar-refractivity contribution in [2.45, 2.75) is 19.8 Å². The van der Waals surface area contributed by atoms with Gasteiger partial charge in [0.15, 0.2) is 5.82 Å². The molecular weight excluding hydrogens is 208 g/mol. The molecule has 0 radical (unpaired) electrons. The highest BCUT2D eigenvalue weighted by atomic mass is 16.2. The number of nitrogens with zero attached hydrogens (tertiary/aromatic N) is 1. The maximum Gasteiger partial charge on any atom is 0.230 e. The number of aromatic nitrogens is 2. The van der Waals surface area contributed by atoms with Gasteiger partial charge < -0.3 is 10.6 Å². The summed E-state index contributed by atoms with van der Waals surface area (Å²) in [7, 11) is 0. The average Bonchev–Trinajstić information content (AvgIpc) is 2.65. The fourth-order valence-electron chi connectivity index (χ4n) is 1.67. The second-order valence-corrected chi connectivity index (χ2v) is 3.97. The predicted octanol–water partition coefficient (Wildman–Crippen LogP) is 0.183. The van der Waals surface area contributed by atoms with Gasteiger partial charge in [0.1, 0.15) is 0 Å². The fourth-order valence-corrected chi connectivity index (χ4v) is 1.67. The average molecular weight is 222 g/mol. The van der Waals surface area contributed by atoms with Crippen LogP contribution >= 0.6 is 0 Å². The van der Waals surface area contributed by atoms with E-state index >= 15 is 0 Å². The highest BCUT2D eigenvalue weighted by molar-refractivity contribution is 5.93. The second kappa shape index (κ2) is 4.34. The van der Waals surface area contributed by atoms with Crippen molar-refractivity contribution in [1.29, 1.82) is 0 Å². The molecule has 1 aliphatic rings. The van der Waals surface area contributed by atoms with Crippen molar-refractivity contribution in [1.82, 2.24) is 15.5 Å². The summed E-state index contributed by atoms with van der Waals surface area (Å²) in [5, 5.41) is 12.1. The summed E-state index contributed by atoms with van der Waals surface area (Å²) in [5.74, 6) is 0.292. The molecule has 1 aromatic heterocycles. The highest BCUT2D eigenvalue weighted by Gasteiger charge is 2.24. The molecule has 1 saturated heterocycles. The Morgan fingerprint density at radius 2 is 2.44 bits per heavy atom. The molecule has 0 aliphatic carbocycles. The van der Waals surface area contributed by atoms with Gasteiger partial charge in [-0.1, -0.05) is 0 Å². The lowest BCUT2D eigenvalue weighted by atomic mass is 9.98. The molecule has 1 aliphatic heterocycles. The molecule has 16 heavy (non-hydrogen) atoms. The van der Waals surface area contributed by atoms with Gasteiger partial charge in [0.2, 0.25) is 11.8 Å². The van der Waals surface area contributed by atoms with Crippen LogP contribution in [0.2, 0.25) is 0 Å². The fraction of sp³-hybridized carbons (Fsp3) is 0.500. The minimum atomic E-state index is -0.158. The zero-order valence-corrected chi connectivity index (χ0v) is 9.04. The molecule has 0 spiro atoms. The van der Waals surface area contributed by atoms with Crippen LogP contribution in [0.3, 0.4) is 0 Å². The Morgan fingerprint density at radius 1 is 1.62 bits per heavy atom. The number of hydrogen-bond acceptors (Lipinski definition) is 3. The van der Waals surface area contributed by atoms with E-state index < -0.39 is 0 Å². The first-order chi connectivity index (χ1) is 7.65. The maximum absolute atomic E-state index is 11.8. The minimum Gasteiger partial charge on any atom is -0.355 e. The molecule has 2 heterocycles. The van der Waals surface area contributed by atoms with E-state index in [2.05, 4.69) is 20.8 Å². The van der Waals surface area contributed by atoms with Crippen LogP contribution in [0.15, 0.2) is 6.07 Å². The molecule has 0 bridgehead atoms. The summed E-state index contributed by atoms with van der Waals surface area (Å²) in [6, 6.07) is 1.76. The Kier molecular flexibility index (Phi) is 2.89. The molecule has 0 aromatic carbocycles. The zero-order chi connectivity index (χ0) is 11.5. The normalized spacial score (nSPS) is 20.3. The van der Waals surface area contributed by atoms with Crippen molar-refractivity contribution in [2.75, 3.05) is 11.9 Å². The van der Waals surface area contributed by atoms with E-state index in [1.807, 2.05) is 6.92 Å². The summed E-state index contributed by atoms with van der Waals surface area (Å²) in [6.45, 7) is 2.28. The van der Waals surface area contributed by atoms with Crippen LogP contribution in [0.5, 0.6) is 0 Å². The maximum atomic E-state index is 11.8. The Labute approximate surface area is 92.8 Å². The highest BCUT2D eigenvalue weighted by Crippen LogP contribution is 2.13. The largest absolute Gasteiger partial charge is 0.355 e. The Balaban J connectivity index is 1.91. The standard InChI is InChI=1S/C10H14N4O2/c1-6-4-8(14-13-6)12-10(16)7-2-3-9(15)11-5-7/h4,7H,2-3,5H2,1H3,(H,11,15)(H2,12,13,14,16). The van der Waals surface area contributed by atoms with Crippen LogP contribution in [-0.4, -0.2) is 28.6 Å². The first-order valence-electron chi connectivity index (χ1n) is 5.25. The molecule has 3 N–H and O–H groups in total. The minimum absolute atomic E-state index is 0.0136. The number of carbonyl (C=O) groups is 2. The van der Waals surface area contributed by atoms with Crippen LogP contribution in [0.4, 0.5) is 5.82 Å². The third kappa shape index (κ3) is 2.39. The van der Waals surface area contributed by atoms with Gasteiger partial charge in [-0.25, -0.2) is 0 Å². The van der Waals surface area contributed by atoms with Gasteiger partial charge in [0, 0.05) is 24.7 Å². The van der Waals surface area contributed by atoms with E-state index in [9.17, 15) is 9.59 Å². The van der Waals surface area contributed by atoms with Crippen molar-refractivity contribution in [2.24, 2.45) is 5.92 Å². The molecule has 1 fully saturated rings. The van der Waals surface area contributed by atoms with Gasteiger partial charge in [0.25, 0.3) is 0 Å². The van der Waals surface area contributed by atoms with Gasteiger partial charge in [-0.3, -0.25) is 14.7 Å². The van der Waals surface area contributed by atoms with Crippen molar-refractivity contribution >= 4 is 17.6 Å². The Morgan fingerprint density at radius 3 is 3.00 bits per heavy atom. The van der Waals surface area contributed by atoms with E-state index in [0.717, 1.165) is 5.69 Å². The lowest BCUT2D eigenvalue weighted by molar-refractivity contribution is -0.126. The van der Waals surface area contributed by atoms with E-state index in [4.69, 9.17) is 0 Å². The van der Waals surface area contributed by atoms with Gasteiger partial charge >= 0.3 is 0 Å². The van der Waals surface area contributed by atoms with Crippen molar-refractivity contribution in [3.8, 4) is 0 Å². The topological polar surface area (TPSA) is 86.9 Å². The SMILES string of the molecule is Cc1cc(NC(=O)C2CCC(=O)NC2)n[nH]1. The smallest absolute Gasteiger partial charge is 0.230 e. The summed E-state index contributed by atoms with van der Waals surface area (Å²) in [5.41, 5.74) is 0.896. The van der Waals surface area contributed by atoms with Crippen LogP contribution in [0.1, 0.15) is 18.5 Å².